The smallest absolute Gasteiger partial charge is 0.350 e. The summed E-state index contributed by atoms with van der Waals surface area (Å²) in [6.07, 6.45) is 1.16. The largest absolute Gasteiger partial charge is 0.419 e. The SMILES string of the molecule is CC1(C)OC(=O)C(=CNc2c(Br)cc(F)cc2Br)C(=O)O1. The van der Waals surface area contributed by atoms with Crippen LogP contribution in [-0.2, 0) is 19.1 Å². The van der Waals surface area contributed by atoms with Gasteiger partial charge in [0.2, 0.25) is 0 Å². The van der Waals surface area contributed by atoms with Crippen molar-refractivity contribution >= 4 is 49.5 Å². The molecule has 8 heteroatoms. The van der Waals surface area contributed by atoms with Crippen molar-refractivity contribution in [1.82, 2.24) is 0 Å². The van der Waals surface area contributed by atoms with E-state index in [-0.39, 0.29) is 5.57 Å². The summed E-state index contributed by atoms with van der Waals surface area (Å²) >= 11 is 6.35. The van der Waals surface area contributed by atoms with Gasteiger partial charge in [-0.25, -0.2) is 14.0 Å². The second kappa shape index (κ2) is 5.76. The fraction of sp³-hybridized carbons (Fsp3) is 0.231. The second-order valence-electron chi connectivity index (χ2n) is 4.63. The minimum atomic E-state index is -1.29. The third kappa shape index (κ3) is 3.62. The Balaban J connectivity index is 2.26. The molecular formula is C13H10Br2FNO4. The molecule has 0 spiro atoms. The molecule has 0 aromatic heterocycles. The average Bonchev–Trinajstić information content (AvgIpc) is 2.29. The van der Waals surface area contributed by atoms with Crippen LogP contribution in [-0.4, -0.2) is 17.7 Å². The molecule has 1 N–H and O–H groups in total. The summed E-state index contributed by atoms with van der Waals surface area (Å²) in [5.74, 6) is -3.32. The number of halogens is 3. The van der Waals surface area contributed by atoms with Crippen LogP contribution in [0.4, 0.5) is 10.1 Å². The fourth-order valence-corrected chi connectivity index (χ4v) is 2.96. The highest BCUT2D eigenvalue weighted by molar-refractivity contribution is 9.11. The Morgan fingerprint density at radius 1 is 1.14 bits per heavy atom. The number of anilines is 1. The van der Waals surface area contributed by atoms with Crippen molar-refractivity contribution in [2.45, 2.75) is 19.6 Å². The number of cyclic esters (lactones) is 2. The molecule has 1 saturated heterocycles. The maximum Gasteiger partial charge on any atom is 0.350 e. The van der Waals surface area contributed by atoms with Gasteiger partial charge < -0.3 is 14.8 Å². The maximum atomic E-state index is 13.2. The van der Waals surface area contributed by atoms with E-state index in [1.165, 1.54) is 26.0 Å². The van der Waals surface area contributed by atoms with Crippen LogP contribution in [0.1, 0.15) is 13.8 Å². The Hall–Kier alpha value is -1.41. The molecule has 0 atom stereocenters. The molecule has 1 fully saturated rings. The lowest BCUT2D eigenvalue weighted by Crippen LogP contribution is -2.42. The number of carbonyl (C=O) groups is 2. The molecule has 0 radical (unpaired) electrons. The van der Waals surface area contributed by atoms with Gasteiger partial charge in [-0.1, -0.05) is 0 Å². The maximum absolute atomic E-state index is 13.2. The van der Waals surface area contributed by atoms with Crippen molar-refractivity contribution in [3.05, 3.63) is 38.7 Å². The van der Waals surface area contributed by atoms with E-state index in [0.29, 0.717) is 14.6 Å². The summed E-state index contributed by atoms with van der Waals surface area (Å²) in [6.45, 7) is 2.92. The van der Waals surface area contributed by atoms with Gasteiger partial charge in [0.05, 0.1) is 5.69 Å². The number of ether oxygens (including phenoxy) is 2. The molecule has 0 aliphatic carbocycles. The number of rotatable bonds is 2. The van der Waals surface area contributed by atoms with Crippen LogP contribution in [0.3, 0.4) is 0 Å². The first-order valence-electron chi connectivity index (χ1n) is 5.77. The topological polar surface area (TPSA) is 64.6 Å². The van der Waals surface area contributed by atoms with Gasteiger partial charge in [-0.3, -0.25) is 0 Å². The van der Waals surface area contributed by atoms with Gasteiger partial charge in [0.25, 0.3) is 5.79 Å². The first kappa shape index (κ1) is 16.0. The van der Waals surface area contributed by atoms with E-state index in [1.54, 1.807) is 0 Å². The highest BCUT2D eigenvalue weighted by Crippen LogP contribution is 2.32. The molecule has 1 aromatic carbocycles. The molecule has 0 bridgehead atoms. The molecule has 5 nitrogen and oxygen atoms in total. The van der Waals surface area contributed by atoms with Crippen LogP contribution in [0.15, 0.2) is 32.9 Å². The third-order valence-electron chi connectivity index (χ3n) is 2.48. The van der Waals surface area contributed by atoms with Crippen molar-refractivity contribution in [2.75, 3.05) is 5.32 Å². The Kier molecular flexibility index (Phi) is 4.38. The molecule has 0 unspecified atom stereocenters. The van der Waals surface area contributed by atoms with Gasteiger partial charge >= 0.3 is 11.9 Å². The summed E-state index contributed by atoms with van der Waals surface area (Å²) in [6, 6.07) is 2.48. The Morgan fingerprint density at radius 3 is 2.10 bits per heavy atom. The van der Waals surface area contributed by atoms with Gasteiger partial charge in [-0.05, 0) is 44.0 Å². The predicted molar refractivity (Wildman–Crippen MR) is 79.8 cm³/mol. The standard InChI is InChI=1S/C13H10Br2FNO4/c1-13(2)20-11(18)7(12(19)21-13)5-17-10-8(14)3-6(16)4-9(10)15/h3-5,17H,1-2H3. The number of hydrogen-bond donors (Lipinski definition) is 1. The van der Waals surface area contributed by atoms with Gasteiger partial charge in [-0.2, -0.15) is 0 Å². The minimum Gasteiger partial charge on any atom is -0.419 e. The van der Waals surface area contributed by atoms with Crippen molar-refractivity contribution in [3.63, 3.8) is 0 Å². The van der Waals surface area contributed by atoms with Crippen LogP contribution in [0, 0.1) is 5.82 Å². The normalized spacial score (nSPS) is 17.1. The quantitative estimate of drug-likeness (QED) is 0.449. The molecule has 0 saturated carbocycles. The monoisotopic (exact) mass is 421 g/mol. The Bertz CT molecular complexity index is 613. The minimum absolute atomic E-state index is 0.280. The van der Waals surface area contributed by atoms with E-state index in [9.17, 15) is 14.0 Å². The Labute approximate surface area is 136 Å². The number of carbonyl (C=O) groups excluding carboxylic acids is 2. The first-order valence-corrected chi connectivity index (χ1v) is 7.36. The molecule has 1 aliphatic rings. The van der Waals surface area contributed by atoms with E-state index < -0.39 is 23.5 Å². The first-order chi connectivity index (χ1) is 9.69. The van der Waals surface area contributed by atoms with Gasteiger partial charge in [0, 0.05) is 29.0 Å². The second-order valence-corrected chi connectivity index (χ2v) is 6.33. The van der Waals surface area contributed by atoms with Gasteiger partial charge in [0.1, 0.15) is 5.82 Å². The van der Waals surface area contributed by atoms with E-state index >= 15 is 0 Å². The zero-order chi connectivity index (χ0) is 15.8. The molecular weight excluding hydrogens is 413 g/mol. The summed E-state index contributed by atoms with van der Waals surface area (Å²) < 4.78 is 23.9. The molecule has 0 amide bonds. The van der Waals surface area contributed by atoms with Crippen LogP contribution < -0.4 is 5.32 Å². The zero-order valence-electron chi connectivity index (χ0n) is 11.0. The molecule has 21 heavy (non-hydrogen) atoms. The summed E-state index contributed by atoms with van der Waals surface area (Å²) in [7, 11) is 0. The van der Waals surface area contributed by atoms with E-state index in [4.69, 9.17) is 9.47 Å². The van der Waals surface area contributed by atoms with Gasteiger partial charge in [0.15, 0.2) is 5.57 Å². The lowest BCUT2D eigenvalue weighted by atomic mass is 10.2. The highest BCUT2D eigenvalue weighted by atomic mass is 79.9. The van der Waals surface area contributed by atoms with E-state index in [0.717, 1.165) is 6.20 Å². The summed E-state index contributed by atoms with van der Waals surface area (Å²) in [4.78, 5) is 23.5. The summed E-state index contributed by atoms with van der Waals surface area (Å²) in [5, 5.41) is 2.74. The number of benzene rings is 1. The third-order valence-corrected chi connectivity index (χ3v) is 3.74. The van der Waals surface area contributed by atoms with Crippen molar-refractivity contribution in [2.24, 2.45) is 0 Å². The summed E-state index contributed by atoms with van der Waals surface area (Å²) in [5.41, 5.74) is 0.173. The zero-order valence-corrected chi connectivity index (χ0v) is 14.2. The predicted octanol–water partition coefficient (Wildman–Crippen LogP) is 3.48. The van der Waals surface area contributed by atoms with Gasteiger partial charge in [-0.15, -0.1) is 0 Å². The molecule has 112 valence electrons. The molecule has 2 rings (SSSR count). The van der Waals surface area contributed by atoms with Crippen molar-refractivity contribution < 1.29 is 23.5 Å². The fourth-order valence-electron chi connectivity index (χ4n) is 1.60. The van der Waals surface area contributed by atoms with E-state index in [2.05, 4.69) is 37.2 Å². The molecule has 1 aromatic rings. The van der Waals surface area contributed by atoms with Crippen molar-refractivity contribution in [3.8, 4) is 0 Å². The number of nitrogens with one attached hydrogen (secondary N) is 1. The van der Waals surface area contributed by atoms with E-state index in [1.807, 2.05) is 0 Å². The highest BCUT2D eigenvalue weighted by Gasteiger charge is 2.38. The van der Waals surface area contributed by atoms with Crippen LogP contribution in [0.5, 0.6) is 0 Å². The van der Waals surface area contributed by atoms with Crippen LogP contribution >= 0.6 is 31.9 Å². The Morgan fingerprint density at radius 2 is 1.62 bits per heavy atom. The van der Waals surface area contributed by atoms with Crippen LogP contribution in [0.25, 0.3) is 0 Å². The number of hydrogen-bond acceptors (Lipinski definition) is 5. The number of esters is 2. The lowest BCUT2D eigenvalue weighted by Gasteiger charge is -2.29. The molecule has 1 aliphatic heterocycles. The van der Waals surface area contributed by atoms with Crippen molar-refractivity contribution in [1.29, 1.82) is 0 Å². The lowest BCUT2D eigenvalue weighted by molar-refractivity contribution is -0.222. The van der Waals surface area contributed by atoms with Crippen LogP contribution in [0.2, 0.25) is 0 Å². The molecule has 1 heterocycles. The average molecular weight is 423 g/mol.